The second-order valence-corrected chi connectivity index (χ2v) is 4.10. The number of nitrogen functional groups attached to an aromatic ring is 1. The van der Waals surface area contributed by atoms with Crippen LogP contribution in [0.4, 0.5) is 14.5 Å². The maximum Gasteiger partial charge on any atom is 0.164 e. The van der Waals surface area contributed by atoms with Gasteiger partial charge in [0.25, 0.3) is 0 Å². The van der Waals surface area contributed by atoms with Crippen LogP contribution in [0.25, 0.3) is 10.9 Å². The number of halogens is 2. The number of pyridine rings is 1. The lowest BCUT2D eigenvalue weighted by atomic mass is 10.1. The summed E-state index contributed by atoms with van der Waals surface area (Å²) < 4.78 is 27.2. The van der Waals surface area contributed by atoms with E-state index in [1.54, 1.807) is 18.5 Å². The van der Waals surface area contributed by atoms with Crippen molar-refractivity contribution < 1.29 is 8.78 Å². The molecule has 0 amide bonds. The Morgan fingerprint density at radius 2 is 2.00 bits per heavy atom. The Kier molecular flexibility index (Phi) is 2.80. The minimum Gasteiger partial charge on any atom is -0.396 e. The van der Waals surface area contributed by atoms with E-state index >= 15 is 0 Å². The van der Waals surface area contributed by atoms with Gasteiger partial charge in [0.2, 0.25) is 0 Å². The molecule has 0 unspecified atom stereocenters. The minimum atomic E-state index is -0.859. The smallest absolute Gasteiger partial charge is 0.164 e. The molecule has 6 heteroatoms. The summed E-state index contributed by atoms with van der Waals surface area (Å²) in [5, 5.41) is 7.42. The predicted octanol–water partition coefficient (Wildman–Crippen LogP) is 2.22. The number of rotatable bonds is 0. The molecule has 0 bridgehead atoms. The van der Waals surface area contributed by atoms with E-state index in [9.17, 15) is 8.78 Å². The molecule has 0 saturated heterocycles. The van der Waals surface area contributed by atoms with Crippen molar-refractivity contribution in [3.63, 3.8) is 0 Å². The Labute approximate surface area is 112 Å². The number of anilines is 1. The fraction of sp³-hybridized carbons (Fsp3) is 0. The number of nitrogens with zero attached hydrogens (tertiary/aromatic N) is 2. The highest BCUT2D eigenvalue weighted by molar-refractivity contribution is 5.77. The summed E-state index contributed by atoms with van der Waals surface area (Å²) in [5.74, 6) is 3.42. The Hall–Kier alpha value is -2.94. The highest BCUT2D eigenvalue weighted by atomic mass is 19.1. The van der Waals surface area contributed by atoms with Gasteiger partial charge in [0.05, 0.1) is 29.2 Å². The third-order valence-electron chi connectivity index (χ3n) is 2.76. The zero-order valence-corrected chi connectivity index (χ0v) is 10.1. The van der Waals surface area contributed by atoms with E-state index in [0.29, 0.717) is 5.69 Å². The van der Waals surface area contributed by atoms with Gasteiger partial charge >= 0.3 is 0 Å². The van der Waals surface area contributed by atoms with Gasteiger partial charge in [-0.1, -0.05) is 5.92 Å². The normalized spacial score (nSPS) is 10.3. The number of aromatic nitrogens is 3. The van der Waals surface area contributed by atoms with Crippen molar-refractivity contribution in [1.82, 2.24) is 15.2 Å². The first kappa shape index (κ1) is 12.1. The van der Waals surface area contributed by atoms with Crippen LogP contribution in [0.5, 0.6) is 0 Å². The van der Waals surface area contributed by atoms with Gasteiger partial charge in [-0.2, -0.15) is 5.10 Å². The van der Waals surface area contributed by atoms with Crippen LogP contribution in [0.3, 0.4) is 0 Å². The van der Waals surface area contributed by atoms with Crippen LogP contribution in [-0.4, -0.2) is 15.2 Å². The Balaban J connectivity index is 2.05. The molecule has 3 rings (SSSR count). The number of aromatic amines is 1. The first-order chi connectivity index (χ1) is 9.65. The average Bonchev–Trinajstić information content (AvgIpc) is 2.90. The maximum absolute atomic E-state index is 13.7. The van der Waals surface area contributed by atoms with E-state index in [4.69, 9.17) is 5.73 Å². The van der Waals surface area contributed by atoms with Gasteiger partial charge in [-0.05, 0) is 24.1 Å². The highest BCUT2D eigenvalue weighted by Crippen LogP contribution is 2.17. The second kappa shape index (κ2) is 4.63. The van der Waals surface area contributed by atoms with Gasteiger partial charge in [-0.25, -0.2) is 13.8 Å². The molecule has 1 aromatic carbocycles. The molecule has 0 radical (unpaired) electrons. The Bertz CT molecular complexity index is 858. The third-order valence-corrected chi connectivity index (χ3v) is 2.76. The summed E-state index contributed by atoms with van der Waals surface area (Å²) in [4.78, 5) is 4.05. The molecular formula is C14H8F2N4. The first-order valence-corrected chi connectivity index (χ1v) is 5.70. The molecule has 0 aliphatic carbocycles. The number of fused-ring (bicyclic) bond motifs is 1. The second-order valence-electron chi connectivity index (χ2n) is 4.10. The lowest BCUT2D eigenvalue weighted by Gasteiger charge is -1.99. The van der Waals surface area contributed by atoms with Crippen LogP contribution in [-0.2, 0) is 0 Å². The van der Waals surface area contributed by atoms with Crippen LogP contribution >= 0.6 is 0 Å². The van der Waals surface area contributed by atoms with Gasteiger partial charge < -0.3 is 5.73 Å². The van der Waals surface area contributed by atoms with Crippen molar-refractivity contribution in [2.24, 2.45) is 0 Å². The van der Waals surface area contributed by atoms with Crippen LogP contribution < -0.4 is 5.73 Å². The molecule has 2 aromatic heterocycles. The van der Waals surface area contributed by atoms with Gasteiger partial charge in [0.15, 0.2) is 5.82 Å². The molecule has 0 aliphatic rings. The number of hydrogen-bond donors (Lipinski definition) is 2. The zero-order chi connectivity index (χ0) is 14.1. The van der Waals surface area contributed by atoms with Crippen LogP contribution in [0.1, 0.15) is 11.3 Å². The minimum absolute atomic E-state index is 0.144. The molecular weight excluding hydrogens is 262 g/mol. The zero-order valence-electron chi connectivity index (χ0n) is 10.1. The first-order valence-electron chi connectivity index (χ1n) is 5.70. The maximum atomic E-state index is 13.7. The summed E-state index contributed by atoms with van der Waals surface area (Å²) in [6.45, 7) is 0. The van der Waals surface area contributed by atoms with E-state index in [1.807, 2.05) is 0 Å². The largest absolute Gasteiger partial charge is 0.396 e. The summed E-state index contributed by atoms with van der Waals surface area (Å²) in [6, 6.07) is 3.91. The van der Waals surface area contributed by atoms with Crippen molar-refractivity contribution in [3.05, 3.63) is 53.5 Å². The van der Waals surface area contributed by atoms with Crippen molar-refractivity contribution >= 4 is 16.6 Å². The monoisotopic (exact) mass is 270 g/mol. The van der Waals surface area contributed by atoms with E-state index in [-0.39, 0.29) is 11.3 Å². The fourth-order valence-electron chi connectivity index (χ4n) is 1.72. The standard InChI is InChI=1S/C14H8F2N4/c15-11-3-4-12(17)14(16)10(11)2-1-9-5-8-6-19-20-13(8)7-18-9/h3-7H,17H2,(H,19,20). The topological polar surface area (TPSA) is 67.6 Å². The molecule has 98 valence electrons. The van der Waals surface area contributed by atoms with E-state index < -0.39 is 11.6 Å². The molecule has 20 heavy (non-hydrogen) atoms. The summed E-state index contributed by atoms with van der Waals surface area (Å²) in [5.41, 5.74) is 6.03. The number of hydrogen-bond acceptors (Lipinski definition) is 3. The van der Waals surface area contributed by atoms with Gasteiger partial charge in [0.1, 0.15) is 11.5 Å². The van der Waals surface area contributed by atoms with E-state index in [0.717, 1.165) is 23.0 Å². The van der Waals surface area contributed by atoms with Gasteiger partial charge in [-0.3, -0.25) is 5.10 Å². The van der Waals surface area contributed by atoms with Crippen molar-refractivity contribution in [2.75, 3.05) is 5.73 Å². The number of nitrogens with two attached hydrogens (primary N) is 1. The highest BCUT2D eigenvalue weighted by Gasteiger charge is 2.09. The van der Waals surface area contributed by atoms with Gasteiger partial charge in [0, 0.05) is 5.39 Å². The Morgan fingerprint density at radius 3 is 2.85 bits per heavy atom. The molecule has 0 saturated carbocycles. The van der Waals surface area contributed by atoms with Crippen molar-refractivity contribution in [2.45, 2.75) is 0 Å². The fourth-order valence-corrected chi connectivity index (χ4v) is 1.72. The summed E-state index contributed by atoms with van der Waals surface area (Å²) >= 11 is 0. The SMILES string of the molecule is Nc1ccc(F)c(C#Cc2cc3cn[nH]c3cn2)c1F. The predicted molar refractivity (Wildman–Crippen MR) is 70.6 cm³/mol. The van der Waals surface area contributed by atoms with E-state index in [1.165, 1.54) is 0 Å². The number of nitrogens with one attached hydrogen (secondary N) is 1. The molecule has 0 aliphatic heterocycles. The van der Waals surface area contributed by atoms with Crippen LogP contribution in [0, 0.1) is 23.5 Å². The number of H-pyrrole nitrogens is 1. The molecule has 0 spiro atoms. The average molecular weight is 270 g/mol. The molecule has 4 nitrogen and oxygen atoms in total. The summed E-state index contributed by atoms with van der Waals surface area (Å²) in [6.07, 6.45) is 3.17. The van der Waals surface area contributed by atoms with Crippen LogP contribution in [0.15, 0.2) is 30.6 Å². The molecule has 3 aromatic rings. The third kappa shape index (κ3) is 2.06. The van der Waals surface area contributed by atoms with Crippen LogP contribution in [0.2, 0.25) is 0 Å². The lowest BCUT2D eigenvalue weighted by Crippen LogP contribution is -1.97. The lowest BCUT2D eigenvalue weighted by molar-refractivity contribution is 0.580. The molecule has 2 heterocycles. The van der Waals surface area contributed by atoms with E-state index in [2.05, 4.69) is 27.0 Å². The quantitative estimate of drug-likeness (QED) is 0.486. The molecule has 0 fully saturated rings. The van der Waals surface area contributed by atoms with Crippen molar-refractivity contribution in [3.8, 4) is 11.8 Å². The van der Waals surface area contributed by atoms with Crippen molar-refractivity contribution in [1.29, 1.82) is 0 Å². The Morgan fingerprint density at radius 1 is 1.15 bits per heavy atom. The molecule has 0 atom stereocenters. The number of benzene rings is 1. The molecule has 3 N–H and O–H groups in total. The summed E-state index contributed by atoms with van der Waals surface area (Å²) in [7, 11) is 0. The van der Waals surface area contributed by atoms with Gasteiger partial charge in [-0.15, -0.1) is 0 Å².